The zero-order valence-corrected chi connectivity index (χ0v) is 16.1. The minimum absolute atomic E-state index is 0.0214. The Kier molecular flexibility index (Phi) is 6.67. The molecule has 0 aliphatic carbocycles. The van der Waals surface area contributed by atoms with Gasteiger partial charge in [-0.05, 0) is 19.4 Å². The van der Waals surface area contributed by atoms with Gasteiger partial charge in [0, 0.05) is 18.3 Å². The maximum absolute atomic E-state index is 11.8. The summed E-state index contributed by atoms with van der Waals surface area (Å²) < 4.78 is 0. The van der Waals surface area contributed by atoms with E-state index in [1.54, 1.807) is 18.3 Å². The normalized spacial score (nSPS) is 18.7. The molecule has 0 radical (unpaired) electrons. The molecule has 1 aliphatic rings. The lowest BCUT2D eigenvalue weighted by Crippen LogP contribution is -2.38. The molecule has 7 N–H and O–H groups in total. The number of aromatic nitrogens is 1. The number of unbranched alkanes of at least 4 members (excludes halogenated alkanes) is 1. The van der Waals surface area contributed by atoms with Gasteiger partial charge in [-0.2, -0.15) is 0 Å². The lowest BCUT2D eigenvalue weighted by atomic mass is 10.0. The highest BCUT2D eigenvalue weighted by Gasteiger charge is 2.43. The highest BCUT2D eigenvalue weighted by atomic mass is 32.2. The molecule has 1 aromatic heterocycles. The third-order valence-corrected chi connectivity index (χ3v) is 5.49. The van der Waals surface area contributed by atoms with E-state index in [-0.39, 0.29) is 16.6 Å². The number of nitrogens with zero attached hydrogens (tertiary/aromatic N) is 1. The number of urea groups is 1. The number of hydrogen-bond donors (Lipinski definition) is 5. The highest BCUT2D eigenvalue weighted by molar-refractivity contribution is 8.05. The molecule has 2 rings (SSSR count). The van der Waals surface area contributed by atoms with Crippen molar-refractivity contribution in [3.63, 3.8) is 0 Å². The van der Waals surface area contributed by atoms with E-state index in [1.165, 1.54) is 11.8 Å². The first-order chi connectivity index (χ1) is 12.8. The molecule has 1 atom stereocenters. The minimum atomic E-state index is -0.776. The van der Waals surface area contributed by atoms with Crippen LogP contribution in [0.5, 0.6) is 0 Å². The number of nitrogens with one attached hydrogen (secondary N) is 3. The Morgan fingerprint density at radius 1 is 1.22 bits per heavy atom. The molecule has 10 heteroatoms. The van der Waals surface area contributed by atoms with Gasteiger partial charge in [-0.15, -0.1) is 0 Å². The summed E-state index contributed by atoms with van der Waals surface area (Å²) in [6.45, 7) is 4.36. The Bertz CT molecular complexity index is 736. The van der Waals surface area contributed by atoms with Crippen molar-refractivity contribution in [2.75, 3.05) is 11.9 Å². The number of carbonyl (C=O) groups is 3. The summed E-state index contributed by atoms with van der Waals surface area (Å²) >= 11 is 1.18. The van der Waals surface area contributed by atoms with E-state index in [0.717, 1.165) is 18.4 Å². The van der Waals surface area contributed by atoms with Crippen LogP contribution in [0, 0.1) is 0 Å². The van der Waals surface area contributed by atoms with Crippen LogP contribution in [0.15, 0.2) is 28.9 Å². The first-order valence-corrected chi connectivity index (χ1v) is 9.47. The number of carbonyl (C=O) groups excluding carboxylic acids is 3. The molecule has 0 aromatic carbocycles. The van der Waals surface area contributed by atoms with Crippen molar-refractivity contribution < 1.29 is 14.4 Å². The molecular weight excluding hydrogens is 368 g/mol. The van der Waals surface area contributed by atoms with Crippen LogP contribution in [0.4, 0.5) is 10.6 Å². The number of anilines is 1. The second kappa shape index (κ2) is 8.76. The molecule has 4 amide bonds. The van der Waals surface area contributed by atoms with E-state index >= 15 is 0 Å². The monoisotopic (exact) mass is 392 g/mol. The Hall–Kier alpha value is -2.75. The second-order valence-corrected chi connectivity index (χ2v) is 7.32. The summed E-state index contributed by atoms with van der Waals surface area (Å²) in [5.41, 5.74) is 11.6. The van der Waals surface area contributed by atoms with Gasteiger partial charge in [0.2, 0.25) is 0 Å². The topological polar surface area (TPSA) is 152 Å². The summed E-state index contributed by atoms with van der Waals surface area (Å²) in [5, 5.41) is 8.34. The summed E-state index contributed by atoms with van der Waals surface area (Å²) in [6, 6.07) is 3.10. The van der Waals surface area contributed by atoms with Gasteiger partial charge < -0.3 is 22.1 Å². The van der Waals surface area contributed by atoms with E-state index in [4.69, 9.17) is 11.5 Å². The molecule has 27 heavy (non-hydrogen) atoms. The molecule has 0 spiro atoms. The van der Waals surface area contributed by atoms with E-state index < -0.39 is 16.7 Å². The molecule has 9 nitrogen and oxygen atoms in total. The van der Waals surface area contributed by atoms with Crippen LogP contribution in [0.3, 0.4) is 0 Å². The van der Waals surface area contributed by atoms with Crippen LogP contribution in [-0.2, 0) is 14.5 Å². The first-order valence-electron chi connectivity index (χ1n) is 8.65. The number of nitrogens with two attached hydrogens (primary N) is 2. The van der Waals surface area contributed by atoms with Gasteiger partial charge >= 0.3 is 6.03 Å². The number of amides is 4. The van der Waals surface area contributed by atoms with Crippen LogP contribution in [0.2, 0.25) is 0 Å². The van der Waals surface area contributed by atoms with E-state index in [1.807, 2.05) is 13.8 Å². The predicted molar refractivity (Wildman–Crippen MR) is 104 cm³/mol. The molecule has 1 unspecified atom stereocenters. The Morgan fingerprint density at radius 3 is 2.44 bits per heavy atom. The zero-order valence-electron chi connectivity index (χ0n) is 15.3. The Balaban J connectivity index is 2.31. The van der Waals surface area contributed by atoms with E-state index in [2.05, 4.69) is 20.9 Å². The molecule has 1 aliphatic heterocycles. The van der Waals surface area contributed by atoms with Crippen LogP contribution in [-0.4, -0.2) is 29.4 Å². The number of pyridine rings is 1. The van der Waals surface area contributed by atoms with Crippen LogP contribution >= 0.6 is 11.8 Å². The Labute approximate surface area is 161 Å². The molecule has 0 bridgehead atoms. The zero-order chi connectivity index (χ0) is 20.0. The summed E-state index contributed by atoms with van der Waals surface area (Å²) in [5.74, 6) is -1.06. The van der Waals surface area contributed by atoms with Gasteiger partial charge in [-0.25, -0.2) is 9.78 Å². The number of primary amides is 2. The lowest BCUT2D eigenvalue weighted by molar-refractivity contribution is -0.117. The first kappa shape index (κ1) is 20.6. The van der Waals surface area contributed by atoms with Gasteiger partial charge in [0.05, 0.1) is 0 Å². The predicted octanol–water partition coefficient (Wildman–Crippen LogP) is 1.08. The van der Waals surface area contributed by atoms with E-state index in [9.17, 15) is 14.4 Å². The molecule has 0 fully saturated rings. The maximum atomic E-state index is 11.8. The SMILES string of the molecule is CCCCC1(c2ccc(NC(=O)NCC)nc2)NC(C(N)=O)=C(C(N)=O)S1. The third kappa shape index (κ3) is 4.70. The fourth-order valence-electron chi connectivity index (χ4n) is 2.70. The molecule has 146 valence electrons. The second-order valence-electron chi connectivity index (χ2n) is 6.01. The fraction of sp³-hybridized carbons (Fsp3) is 0.412. The van der Waals surface area contributed by atoms with Crippen molar-refractivity contribution in [2.45, 2.75) is 38.0 Å². The van der Waals surface area contributed by atoms with Crippen molar-refractivity contribution in [2.24, 2.45) is 11.5 Å². The third-order valence-electron chi connectivity index (χ3n) is 3.99. The summed E-state index contributed by atoms with van der Waals surface area (Å²) in [7, 11) is 0. The molecule has 0 saturated heterocycles. The summed E-state index contributed by atoms with van der Waals surface area (Å²) in [4.78, 5) is 38.7. The highest BCUT2D eigenvalue weighted by Crippen LogP contribution is 2.48. The van der Waals surface area contributed by atoms with Crippen molar-refractivity contribution in [3.8, 4) is 0 Å². The van der Waals surface area contributed by atoms with Gasteiger partial charge in [-0.1, -0.05) is 37.6 Å². The van der Waals surface area contributed by atoms with Gasteiger partial charge in [-0.3, -0.25) is 14.9 Å². The van der Waals surface area contributed by atoms with Crippen LogP contribution in [0.1, 0.15) is 38.7 Å². The van der Waals surface area contributed by atoms with Gasteiger partial charge in [0.15, 0.2) is 0 Å². The standard InChI is InChI=1S/C17H24N6O3S/c1-3-5-8-17(23-12(14(18)24)13(27-17)15(19)25)10-6-7-11(21-9-10)22-16(26)20-4-2/h6-7,9,23H,3-5,8H2,1-2H3,(H2,18,24)(H2,19,25)(H2,20,21,22,26). The number of thioether (sulfide) groups is 1. The Morgan fingerprint density at radius 2 is 1.96 bits per heavy atom. The lowest BCUT2D eigenvalue weighted by Gasteiger charge is -2.30. The quantitative estimate of drug-likeness (QED) is 0.446. The van der Waals surface area contributed by atoms with Gasteiger partial charge in [0.1, 0.15) is 21.3 Å². The molecule has 2 heterocycles. The van der Waals surface area contributed by atoms with Crippen molar-refractivity contribution in [3.05, 3.63) is 34.5 Å². The molecular formula is C17H24N6O3S. The summed E-state index contributed by atoms with van der Waals surface area (Å²) in [6.07, 6.45) is 4.00. The minimum Gasteiger partial charge on any atom is -0.365 e. The average Bonchev–Trinajstić information content (AvgIpc) is 3.02. The van der Waals surface area contributed by atoms with Crippen molar-refractivity contribution >= 4 is 35.4 Å². The average molecular weight is 392 g/mol. The van der Waals surface area contributed by atoms with E-state index in [0.29, 0.717) is 18.8 Å². The molecule has 0 saturated carbocycles. The largest absolute Gasteiger partial charge is 0.365 e. The maximum Gasteiger partial charge on any atom is 0.320 e. The molecule has 1 aromatic rings. The van der Waals surface area contributed by atoms with Crippen LogP contribution < -0.4 is 27.4 Å². The number of rotatable bonds is 8. The smallest absolute Gasteiger partial charge is 0.320 e. The number of hydrogen-bond acceptors (Lipinski definition) is 6. The fourth-order valence-corrected chi connectivity index (χ4v) is 4.04. The van der Waals surface area contributed by atoms with Gasteiger partial charge in [0.25, 0.3) is 11.8 Å². The van der Waals surface area contributed by atoms with Crippen LogP contribution in [0.25, 0.3) is 0 Å². The van der Waals surface area contributed by atoms with Crippen molar-refractivity contribution in [1.82, 2.24) is 15.6 Å². The van der Waals surface area contributed by atoms with Crippen molar-refractivity contribution in [1.29, 1.82) is 0 Å².